The third kappa shape index (κ3) is 2.77. The van der Waals surface area contributed by atoms with Crippen LogP contribution < -0.4 is 0 Å². The van der Waals surface area contributed by atoms with Crippen molar-refractivity contribution in [3.8, 4) is 0 Å². The predicted molar refractivity (Wildman–Crippen MR) is 53.1 cm³/mol. The summed E-state index contributed by atoms with van der Waals surface area (Å²) in [4.78, 5) is 23.1. The fourth-order valence-electron chi connectivity index (χ4n) is 0.960. The van der Waals surface area contributed by atoms with Crippen LogP contribution >= 0.6 is 11.3 Å². The summed E-state index contributed by atoms with van der Waals surface area (Å²) >= 11 is 1.42. The number of carbonyl (C=O) groups excluding carboxylic acids is 2. The van der Waals surface area contributed by atoms with Crippen LogP contribution in [0, 0.1) is 5.92 Å². The lowest BCUT2D eigenvalue weighted by Crippen LogP contribution is -2.11. The molecule has 1 aromatic rings. The van der Waals surface area contributed by atoms with Crippen LogP contribution in [-0.2, 0) is 4.79 Å². The summed E-state index contributed by atoms with van der Waals surface area (Å²) in [5.74, 6) is -0.0165. The van der Waals surface area contributed by atoms with E-state index in [1.807, 2.05) is 11.4 Å². The zero-order valence-corrected chi connectivity index (χ0v) is 8.56. The summed E-state index contributed by atoms with van der Waals surface area (Å²) < 4.78 is 0. The van der Waals surface area contributed by atoms with Crippen molar-refractivity contribution < 1.29 is 9.59 Å². The van der Waals surface area contributed by atoms with Gasteiger partial charge in [0.25, 0.3) is 0 Å². The molecule has 3 heteroatoms. The Hall–Kier alpha value is -0.960. The molecule has 0 aliphatic heterocycles. The van der Waals surface area contributed by atoms with Gasteiger partial charge in [-0.1, -0.05) is 13.0 Å². The highest BCUT2D eigenvalue weighted by atomic mass is 32.1. The maximum Gasteiger partial charge on any atom is 0.173 e. The number of carbonyl (C=O) groups is 2. The molecule has 0 saturated heterocycles. The van der Waals surface area contributed by atoms with Crippen LogP contribution in [0.4, 0.5) is 0 Å². The van der Waals surface area contributed by atoms with Crippen molar-refractivity contribution in [2.45, 2.75) is 20.3 Å². The normalized spacial score (nSPS) is 12.5. The highest BCUT2D eigenvalue weighted by molar-refractivity contribution is 7.12. The van der Waals surface area contributed by atoms with Crippen LogP contribution in [0.25, 0.3) is 0 Å². The summed E-state index contributed by atoms with van der Waals surface area (Å²) in [6.07, 6.45) is 0.329. The van der Waals surface area contributed by atoms with Gasteiger partial charge in [0.1, 0.15) is 5.78 Å². The van der Waals surface area contributed by atoms with Gasteiger partial charge < -0.3 is 0 Å². The molecular formula is C10H12O2S. The average Bonchev–Trinajstić information content (AvgIpc) is 2.55. The minimum atomic E-state index is -0.158. The van der Waals surface area contributed by atoms with Crippen LogP contribution in [0.5, 0.6) is 0 Å². The molecule has 0 fully saturated rings. The van der Waals surface area contributed by atoms with Gasteiger partial charge in [-0.15, -0.1) is 11.3 Å². The Morgan fingerprint density at radius 2 is 2.23 bits per heavy atom. The Balaban J connectivity index is 2.56. The van der Waals surface area contributed by atoms with E-state index in [0.29, 0.717) is 6.42 Å². The van der Waals surface area contributed by atoms with E-state index in [9.17, 15) is 9.59 Å². The first-order valence-corrected chi connectivity index (χ1v) is 5.06. The zero-order valence-electron chi connectivity index (χ0n) is 7.74. The second-order valence-electron chi connectivity index (χ2n) is 3.12. The molecule has 1 rings (SSSR count). The molecule has 0 saturated carbocycles. The molecule has 0 aliphatic rings. The molecule has 0 N–H and O–H groups in total. The van der Waals surface area contributed by atoms with Gasteiger partial charge in [0.05, 0.1) is 4.88 Å². The summed E-state index contributed by atoms with van der Waals surface area (Å²) in [6.45, 7) is 3.31. The monoisotopic (exact) mass is 196 g/mol. The van der Waals surface area contributed by atoms with E-state index in [4.69, 9.17) is 0 Å². The van der Waals surface area contributed by atoms with Gasteiger partial charge >= 0.3 is 0 Å². The van der Waals surface area contributed by atoms with Crippen molar-refractivity contribution in [1.29, 1.82) is 0 Å². The van der Waals surface area contributed by atoms with Crippen molar-refractivity contribution in [3.63, 3.8) is 0 Å². The molecule has 1 aromatic heterocycles. The van der Waals surface area contributed by atoms with Crippen LogP contribution in [0.15, 0.2) is 17.5 Å². The van der Waals surface area contributed by atoms with Crippen molar-refractivity contribution >= 4 is 22.9 Å². The topological polar surface area (TPSA) is 34.1 Å². The van der Waals surface area contributed by atoms with E-state index < -0.39 is 0 Å². The van der Waals surface area contributed by atoms with Crippen LogP contribution in [0.3, 0.4) is 0 Å². The molecule has 0 bridgehead atoms. The van der Waals surface area contributed by atoms with Gasteiger partial charge in [0, 0.05) is 12.3 Å². The first kappa shape index (κ1) is 10.1. The fourth-order valence-corrected chi connectivity index (χ4v) is 1.64. The molecule has 1 unspecified atom stereocenters. The second-order valence-corrected chi connectivity index (χ2v) is 4.06. The van der Waals surface area contributed by atoms with Crippen LogP contribution in [-0.4, -0.2) is 11.6 Å². The number of Topliss-reactive ketones (excluding diaryl/α,β-unsaturated/α-hetero) is 2. The summed E-state index contributed by atoms with van der Waals surface area (Å²) in [5.41, 5.74) is 0. The number of hydrogen-bond donors (Lipinski definition) is 0. The molecule has 0 aliphatic carbocycles. The van der Waals surface area contributed by atoms with Gasteiger partial charge in [0.2, 0.25) is 0 Å². The fraction of sp³-hybridized carbons (Fsp3) is 0.400. The van der Waals surface area contributed by atoms with E-state index in [1.165, 1.54) is 18.3 Å². The predicted octanol–water partition coefficient (Wildman–Crippen LogP) is 2.55. The standard InChI is InChI=1S/C10H12O2S/c1-7(8(2)11)6-9(12)10-4-3-5-13-10/h3-5,7H,6H2,1-2H3. The third-order valence-electron chi connectivity index (χ3n) is 1.98. The Morgan fingerprint density at radius 3 is 2.69 bits per heavy atom. The smallest absolute Gasteiger partial charge is 0.173 e. The SMILES string of the molecule is CC(=O)C(C)CC(=O)c1cccs1. The van der Waals surface area contributed by atoms with E-state index >= 15 is 0 Å². The highest BCUT2D eigenvalue weighted by Gasteiger charge is 2.14. The molecule has 0 spiro atoms. The van der Waals surface area contributed by atoms with E-state index in [-0.39, 0.29) is 17.5 Å². The molecule has 70 valence electrons. The Morgan fingerprint density at radius 1 is 1.54 bits per heavy atom. The number of hydrogen-bond acceptors (Lipinski definition) is 3. The summed E-state index contributed by atoms with van der Waals surface area (Å²) in [7, 11) is 0. The number of ketones is 2. The highest BCUT2D eigenvalue weighted by Crippen LogP contribution is 2.15. The lowest BCUT2D eigenvalue weighted by atomic mass is 10.0. The van der Waals surface area contributed by atoms with Crippen LogP contribution in [0.1, 0.15) is 29.9 Å². The molecule has 0 amide bonds. The summed E-state index contributed by atoms with van der Waals surface area (Å²) in [5, 5.41) is 1.87. The molecule has 1 atom stereocenters. The molecule has 0 aromatic carbocycles. The Bertz CT molecular complexity index is 301. The number of rotatable bonds is 4. The van der Waals surface area contributed by atoms with Gasteiger partial charge in [-0.25, -0.2) is 0 Å². The van der Waals surface area contributed by atoms with E-state index in [0.717, 1.165) is 4.88 Å². The lowest BCUT2D eigenvalue weighted by Gasteiger charge is -2.03. The van der Waals surface area contributed by atoms with Crippen molar-refractivity contribution in [3.05, 3.63) is 22.4 Å². The zero-order chi connectivity index (χ0) is 9.84. The van der Waals surface area contributed by atoms with Crippen molar-refractivity contribution in [1.82, 2.24) is 0 Å². The second kappa shape index (κ2) is 4.33. The first-order chi connectivity index (χ1) is 6.11. The van der Waals surface area contributed by atoms with Gasteiger partial charge in [-0.2, -0.15) is 0 Å². The minimum absolute atomic E-state index is 0.0673. The summed E-state index contributed by atoms with van der Waals surface area (Å²) in [6, 6.07) is 3.64. The number of thiophene rings is 1. The molecule has 13 heavy (non-hydrogen) atoms. The lowest BCUT2D eigenvalue weighted by molar-refractivity contribution is -0.120. The Kier molecular flexibility index (Phi) is 3.37. The minimum Gasteiger partial charge on any atom is -0.300 e. The molecule has 1 heterocycles. The van der Waals surface area contributed by atoms with Crippen molar-refractivity contribution in [2.75, 3.05) is 0 Å². The largest absolute Gasteiger partial charge is 0.300 e. The molecular weight excluding hydrogens is 184 g/mol. The first-order valence-electron chi connectivity index (χ1n) is 4.18. The average molecular weight is 196 g/mol. The van der Waals surface area contributed by atoms with Crippen LogP contribution in [0.2, 0.25) is 0 Å². The third-order valence-corrected chi connectivity index (χ3v) is 2.89. The van der Waals surface area contributed by atoms with E-state index in [1.54, 1.807) is 13.0 Å². The molecule has 2 nitrogen and oxygen atoms in total. The van der Waals surface area contributed by atoms with Crippen molar-refractivity contribution in [2.24, 2.45) is 5.92 Å². The maximum atomic E-state index is 11.5. The van der Waals surface area contributed by atoms with Gasteiger partial charge in [-0.05, 0) is 18.4 Å². The quantitative estimate of drug-likeness (QED) is 0.693. The van der Waals surface area contributed by atoms with E-state index in [2.05, 4.69) is 0 Å². The maximum absolute atomic E-state index is 11.5. The Labute approximate surface area is 81.6 Å². The van der Waals surface area contributed by atoms with Gasteiger partial charge in [-0.3, -0.25) is 9.59 Å². The van der Waals surface area contributed by atoms with Gasteiger partial charge in [0.15, 0.2) is 5.78 Å². The molecule has 0 radical (unpaired) electrons.